The van der Waals surface area contributed by atoms with Gasteiger partial charge in [-0.2, -0.15) is 0 Å². The summed E-state index contributed by atoms with van der Waals surface area (Å²) in [5.74, 6) is -0.433. The normalized spacial score (nSPS) is 16.2. The molecule has 0 saturated carbocycles. The van der Waals surface area contributed by atoms with Crippen LogP contribution in [-0.2, 0) is 19.5 Å². The fourth-order valence-corrected chi connectivity index (χ4v) is 4.90. The van der Waals surface area contributed by atoms with Crippen molar-refractivity contribution in [2.75, 3.05) is 27.4 Å². The monoisotopic (exact) mass is 420 g/mol. The molecule has 1 N–H and O–H groups in total. The Balaban J connectivity index is 1.99. The number of nitrogens with one attached hydrogen (secondary N) is 1. The summed E-state index contributed by atoms with van der Waals surface area (Å²) < 4.78 is 44.8. The van der Waals surface area contributed by atoms with Crippen LogP contribution in [0, 0.1) is 5.92 Å². The Morgan fingerprint density at radius 2 is 2.00 bits per heavy atom. The second-order valence-electron chi connectivity index (χ2n) is 6.69. The number of hydrogen-bond donors (Lipinski definition) is 1. The summed E-state index contributed by atoms with van der Waals surface area (Å²) in [6.07, 6.45) is 4.75. The van der Waals surface area contributed by atoms with E-state index >= 15 is 0 Å². The third-order valence-electron chi connectivity index (χ3n) is 4.94. The van der Waals surface area contributed by atoms with Crippen LogP contribution in [0.3, 0.4) is 0 Å². The highest BCUT2D eigenvalue weighted by atomic mass is 32.2. The summed E-state index contributed by atoms with van der Waals surface area (Å²) in [5, 5.41) is 0. The van der Waals surface area contributed by atoms with Gasteiger partial charge < -0.3 is 14.2 Å². The van der Waals surface area contributed by atoms with Crippen molar-refractivity contribution in [1.29, 1.82) is 0 Å². The molecular formula is C20H24N2O6S. The van der Waals surface area contributed by atoms with Crippen LogP contribution in [0.4, 0.5) is 0 Å². The van der Waals surface area contributed by atoms with Gasteiger partial charge in [-0.15, -0.1) is 0 Å². The molecule has 0 radical (unpaired) electrons. The first-order valence-electron chi connectivity index (χ1n) is 9.22. The maximum atomic E-state index is 13.3. The minimum absolute atomic E-state index is 0.0532. The predicted octanol–water partition coefficient (Wildman–Crippen LogP) is 2.32. The number of esters is 1. The standard InChI is InChI=1S/C20H24N2O6S/c1-26-17-6-5-15(20(23)27-2)12-18(17)29(24,25)22-19(14-7-10-28-11-8-14)16-4-3-9-21-13-16/h3-6,9,12-14,19,22H,7-8,10-11H2,1-2H3/t19-/m0/s1. The first-order valence-corrected chi connectivity index (χ1v) is 10.7. The zero-order valence-electron chi connectivity index (χ0n) is 16.3. The van der Waals surface area contributed by atoms with Gasteiger partial charge in [-0.25, -0.2) is 17.9 Å². The van der Waals surface area contributed by atoms with Gasteiger partial charge in [0.05, 0.1) is 25.8 Å². The molecule has 2 heterocycles. The lowest BCUT2D eigenvalue weighted by Crippen LogP contribution is -2.36. The Labute approximate surface area is 170 Å². The first-order chi connectivity index (χ1) is 14.0. The average Bonchev–Trinajstić information content (AvgIpc) is 2.77. The maximum absolute atomic E-state index is 13.3. The third kappa shape index (κ3) is 4.92. The summed E-state index contributed by atoms with van der Waals surface area (Å²) >= 11 is 0. The fourth-order valence-electron chi connectivity index (χ4n) is 3.41. The Morgan fingerprint density at radius 3 is 2.62 bits per heavy atom. The molecule has 0 aliphatic carbocycles. The quantitative estimate of drug-likeness (QED) is 0.686. The van der Waals surface area contributed by atoms with Crippen molar-refractivity contribution in [1.82, 2.24) is 9.71 Å². The molecule has 29 heavy (non-hydrogen) atoms. The molecular weight excluding hydrogens is 396 g/mol. The van der Waals surface area contributed by atoms with Crippen LogP contribution >= 0.6 is 0 Å². The van der Waals surface area contributed by atoms with Gasteiger partial charge in [-0.1, -0.05) is 6.07 Å². The smallest absolute Gasteiger partial charge is 0.337 e. The van der Waals surface area contributed by atoms with Gasteiger partial charge in [-0.05, 0) is 48.6 Å². The second-order valence-corrected chi connectivity index (χ2v) is 8.37. The van der Waals surface area contributed by atoms with Crippen LogP contribution in [-0.4, -0.2) is 46.8 Å². The summed E-state index contributed by atoms with van der Waals surface area (Å²) in [6.45, 7) is 1.15. The molecule has 1 aliphatic heterocycles. The van der Waals surface area contributed by atoms with Gasteiger partial charge in [0, 0.05) is 25.6 Å². The van der Waals surface area contributed by atoms with Gasteiger partial charge in [0.15, 0.2) is 0 Å². The molecule has 1 aromatic carbocycles. The SMILES string of the molecule is COC(=O)c1ccc(OC)c(S(=O)(=O)N[C@H](c2cccnc2)C2CCOCC2)c1. The van der Waals surface area contributed by atoms with Crippen molar-refractivity contribution < 1.29 is 27.4 Å². The highest BCUT2D eigenvalue weighted by Crippen LogP contribution is 2.33. The number of carbonyl (C=O) groups is 1. The number of nitrogens with zero attached hydrogens (tertiary/aromatic N) is 1. The number of rotatable bonds is 7. The number of carbonyl (C=O) groups excluding carboxylic acids is 1. The highest BCUT2D eigenvalue weighted by molar-refractivity contribution is 7.89. The van der Waals surface area contributed by atoms with Gasteiger partial charge >= 0.3 is 5.97 Å². The average molecular weight is 420 g/mol. The number of methoxy groups -OCH3 is 2. The fraction of sp³-hybridized carbons (Fsp3) is 0.400. The first kappa shape index (κ1) is 21.2. The van der Waals surface area contributed by atoms with E-state index in [1.165, 1.54) is 32.4 Å². The van der Waals surface area contributed by atoms with E-state index in [2.05, 4.69) is 9.71 Å². The lowest BCUT2D eigenvalue weighted by atomic mass is 9.88. The van der Waals surface area contributed by atoms with Crippen molar-refractivity contribution in [3.63, 3.8) is 0 Å². The topological polar surface area (TPSA) is 104 Å². The number of ether oxygens (including phenoxy) is 3. The molecule has 2 aromatic rings. The van der Waals surface area contributed by atoms with E-state index in [1.54, 1.807) is 18.5 Å². The van der Waals surface area contributed by atoms with E-state index in [9.17, 15) is 13.2 Å². The molecule has 1 fully saturated rings. The van der Waals surface area contributed by atoms with Crippen LogP contribution in [0.25, 0.3) is 0 Å². The number of pyridine rings is 1. The zero-order valence-corrected chi connectivity index (χ0v) is 17.1. The molecule has 0 unspecified atom stereocenters. The Bertz CT molecular complexity index is 943. The van der Waals surface area contributed by atoms with Crippen LogP contribution in [0.5, 0.6) is 5.75 Å². The third-order valence-corrected chi connectivity index (χ3v) is 6.40. The van der Waals surface area contributed by atoms with Crippen molar-refractivity contribution in [2.24, 2.45) is 5.92 Å². The second kappa shape index (κ2) is 9.34. The molecule has 1 atom stereocenters. The summed E-state index contributed by atoms with van der Waals surface area (Å²) in [5.41, 5.74) is 0.892. The van der Waals surface area contributed by atoms with Crippen LogP contribution in [0.15, 0.2) is 47.6 Å². The molecule has 1 aromatic heterocycles. The van der Waals surface area contributed by atoms with Gasteiger partial charge in [0.1, 0.15) is 10.6 Å². The Morgan fingerprint density at radius 1 is 1.24 bits per heavy atom. The van der Waals surface area contributed by atoms with Gasteiger partial charge in [0.25, 0.3) is 0 Å². The molecule has 156 valence electrons. The van der Waals surface area contributed by atoms with Crippen molar-refractivity contribution in [2.45, 2.75) is 23.8 Å². The van der Waals surface area contributed by atoms with Gasteiger partial charge in [-0.3, -0.25) is 4.98 Å². The van der Waals surface area contributed by atoms with Crippen LogP contribution < -0.4 is 9.46 Å². The van der Waals surface area contributed by atoms with E-state index < -0.39 is 22.0 Å². The van der Waals surface area contributed by atoms with Gasteiger partial charge in [0.2, 0.25) is 10.0 Å². The van der Waals surface area contributed by atoms with Crippen LogP contribution in [0.2, 0.25) is 0 Å². The largest absolute Gasteiger partial charge is 0.495 e. The minimum atomic E-state index is -4.02. The molecule has 0 bridgehead atoms. The van der Waals surface area contributed by atoms with E-state index in [0.717, 1.165) is 18.4 Å². The number of hydrogen-bond acceptors (Lipinski definition) is 7. The van der Waals surface area contributed by atoms with E-state index in [4.69, 9.17) is 14.2 Å². The zero-order chi connectivity index (χ0) is 20.9. The molecule has 1 saturated heterocycles. The maximum Gasteiger partial charge on any atom is 0.337 e. The van der Waals surface area contributed by atoms with Crippen molar-refractivity contribution >= 4 is 16.0 Å². The molecule has 3 rings (SSSR count). The van der Waals surface area contributed by atoms with Crippen molar-refractivity contribution in [3.8, 4) is 5.75 Å². The van der Waals surface area contributed by atoms with Crippen molar-refractivity contribution in [3.05, 3.63) is 53.9 Å². The van der Waals surface area contributed by atoms with Crippen LogP contribution in [0.1, 0.15) is 34.8 Å². The Hall–Kier alpha value is -2.49. The Kier molecular flexibility index (Phi) is 6.83. The van der Waals surface area contributed by atoms with E-state index in [0.29, 0.717) is 13.2 Å². The summed E-state index contributed by atoms with van der Waals surface area (Å²) in [4.78, 5) is 15.9. The van der Waals surface area contributed by atoms with E-state index in [-0.39, 0.29) is 22.1 Å². The number of aromatic nitrogens is 1. The lowest BCUT2D eigenvalue weighted by molar-refractivity contribution is 0.0563. The number of sulfonamides is 1. The molecule has 9 heteroatoms. The number of benzene rings is 1. The molecule has 8 nitrogen and oxygen atoms in total. The summed E-state index contributed by atoms with van der Waals surface area (Å²) in [7, 11) is -1.40. The molecule has 1 aliphatic rings. The summed E-state index contributed by atoms with van der Waals surface area (Å²) in [6, 6.07) is 7.29. The van der Waals surface area contributed by atoms with E-state index in [1.807, 2.05) is 6.07 Å². The lowest BCUT2D eigenvalue weighted by Gasteiger charge is -2.31. The minimum Gasteiger partial charge on any atom is -0.495 e. The molecule has 0 amide bonds. The highest BCUT2D eigenvalue weighted by Gasteiger charge is 2.32. The predicted molar refractivity (Wildman–Crippen MR) is 105 cm³/mol. The molecule has 0 spiro atoms.